The van der Waals surface area contributed by atoms with E-state index in [0.717, 1.165) is 43.1 Å². The summed E-state index contributed by atoms with van der Waals surface area (Å²) in [6.45, 7) is 5.42. The molecule has 5 heteroatoms. The van der Waals surface area contributed by atoms with Gasteiger partial charge < -0.3 is 15.5 Å². The van der Waals surface area contributed by atoms with Gasteiger partial charge in [0.05, 0.1) is 0 Å². The topological polar surface area (TPSA) is 44.4 Å². The summed E-state index contributed by atoms with van der Waals surface area (Å²) in [6, 6.07) is 8.10. The number of rotatable bonds is 4. The second kappa shape index (κ2) is 7.55. The van der Waals surface area contributed by atoms with Gasteiger partial charge in [-0.05, 0) is 43.8 Å². The van der Waals surface area contributed by atoms with Gasteiger partial charge in [-0.3, -0.25) is 0 Å². The van der Waals surface area contributed by atoms with Crippen molar-refractivity contribution in [3.8, 4) is 0 Å². The van der Waals surface area contributed by atoms with Gasteiger partial charge in [-0.25, -0.2) is 4.79 Å². The molecular weight excluding hydrogens is 270 g/mol. The molecule has 0 unspecified atom stereocenters. The molecule has 1 fully saturated rings. The van der Waals surface area contributed by atoms with Gasteiger partial charge >= 0.3 is 6.03 Å². The highest BCUT2D eigenvalue weighted by atomic mass is 32.2. The first-order chi connectivity index (χ1) is 9.71. The fourth-order valence-electron chi connectivity index (χ4n) is 2.45. The maximum Gasteiger partial charge on any atom is 0.319 e. The van der Waals surface area contributed by atoms with Crippen molar-refractivity contribution in [2.45, 2.75) is 30.7 Å². The minimum Gasteiger partial charge on any atom is -0.335 e. The van der Waals surface area contributed by atoms with Crippen LogP contribution in [0.15, 0.2) is 29.2 Å². The van der Waals surface area contributed by atoms with Crippen molar-refractivity contribution in [1.29, 1.82) is 0 Å². The van der Waals surface area contributed by atoms with Crippen LogP contribution in [-0.2, 0) is 0 Å². The molecule has 1 saturated heterocycles. The van der Waals surface area contributed by atoms with Crippen molar-refractivity contribution in [2.75, 3.05) is 31.2 Å². The smallest absolute Gasteiger partial charge is 0.319 e. The lowest BCUT2D eigenvalue weighted by Gasteiger charge is -2.31. The maximum atomic E-state index is 12.0. The standard InChI is InChI=1S/C15H23N3OS/c1-3-18-9-7-12(8-10-18)16-15(19)17-13-5-4-6-14(11-13)20-2/h4-6,11-12H,3,7-10H2,1-2H3,(H2,16,17,19). The summed E-state index contributed by atoms with van der Waals surface area (Å²) in [4.78, 5) is 15.6. The Labute approximate surface area is 125 Å². The first kappa shape index (κ1) is 15.2. The molecule has 2 N–H and O–H groups in total. The lowest BCUT2D eigenvalue weighted by Crippen LogP contribution is -2.45. The number of anilines is 1. The van der Waals surface area contributed by atoms with Crippen LogP contribution in [0.25, 0.3) is 0 Å². The molecule has 1 aromatic rings. The van der Waals surface area contributed by atoms with Crippen molar-refractivity contribution in [2.24, 2.45) is 0 Å². The normalized spacial score (nSPS) is 16.9. The van der Waals surface area contributed by atoms with Crippen LogP contribution in [0, 0.1) is 0 Å². The summed E-state index contributed by atoms with van der Waals surface area (Å²) in [5.41, 5.74) is 0.848. The number of benzene rings is 1. The van der Waals surface area contributed by atoms with E-state index in [1.807, 2.05) is 30.5 Å². The Bertz CT molecular complexity index is 444. The Balaban J connectivity index is 1.80. The third-order valence-electron chi connectivity index (χ3n) is 3.70. The average Bonchev–Trinajstić information content (AvgIpc) is 2.48. The van der Waals surface area contributed by atoms with Crippen LogP contribution in [0.5, 0.6) is 0 Å². The zero-order chi connectivity index (χ0) is 14.4. The van der Waals surface area contributed by atoms with Gasteiger partial charge in [-0.1, -0.05) is 13.0 Å². The lowest BCUT2D eigenvalue weighted by molar-refractivity contribution is 0.203. The average molecular weight is 293 g/mol. The summed E-state index contributed by atoms with van der Waals surface area (Å²) in [5, 5.41) is 5.98. The molecule has 0 saturated carbocycles. The van der Waals surface area contributed by atoms with E-state index in [1.165, 1.54) is 0 Å². The molecule has 0 spiro atoms. The first-order valence-electron chi connectivity index (χ1n) is 7.15. The largest absolute Gasteiger partial charge is 0.335 e. The molecule has 1 aliphatic rings. The predicted molar refractivity (Wildman–Crippen MR) is 85.5 cm³/mol. The first-order valence-corrected chi connectivity index (χ1v) is 8.37. The van der Waals surface area contributed by atoms with E-state index in [1.54, 1.807) is 11.8 Å². The molecule has 1 heterocycles. The minimum atomic E-state index is -0.0989. The third-order valence-corrected chi connectivity index (χ3v) is 4.42. The Morgan fingerprint density at radius 2 is 2.15 bits per heavy atom. The third kappa shape index (κ3) is 4.42. The highest BCUT2D eigenvalue weighted by Gasteiger charge is 2.19. The monoisotopic (exact) mass is 293 g/mol. The van der Waals surface area contributed by atoms with Crippen LogP contribution >= 0.6 is 11.8 Å². The number of hydrogen-bond acceptors (Lipinski definition) is 3. The summed E-state index contributed by atoms with van der Waals surface area (Å²) in [5.74, 6) is 0. The van der Waals surface area contributed by atoms with Gasteiger partial charge in [-0.15, -0.1) is 11.8 Å². The van der Waals surface area contributed by atoms with Crippen molar-refractivity contribution in [1.82, 2.24) is 10.2 Å². The fourth-order valence-corrected chi connectivity index (χ4v) is 2.91. The van der Waals surface area contributed by atoms with Gasteiger partial charge in [0.1, 0.15) is 0 Å². The van der Waals surface area contributed by atoms with Crippen molar-refractivity contribution >= 4 is 23.5 Å². The summed E-state index contributed by atoms with van der Waals surface area (Å²) in [7, 11) is 0. The van der Waals surface area contributed by atoms with Crippen molar-refractivity contribution in [3.05, 3.63) is 24.3 Å². The SMILES string of the molecule is CCN1CCC(NC(=O)Nc2cccc(SC)c2)CC1. The second-order valence-electron chi connectivity index (χ2n) is 5.04. The Kier molecular flexibility index (Phi) is 5.73. The number of likely N-dealkylation sites (tertiary alicyclic amines) is 1. The van der Waals surface area contributed by atoms with Crippen molar-refractivity contribution < 1.29 is 4.79 Å². The van der Waals surface area contributed by atoms with Gasteiger partial charge in [0.15, 0.2) is 0 Å². The molecule has 4 nitrogen and oxygen atoms in total. The van der Waals surface area contributed by atoms with Gasteiger partial charge in [0.25, 0.3) is 0 Å². The van der Waals surface area contributed by atoms with E-state index >= 15 is 0 Å². The molecular formula is C15H23N3OS. The highest BCUT2D eigenvalue weighted by Crippen LogP contribution is 2.19. The number of carbonyl (C=O) groups is 1. The minimum absolute atomic E-state index is 0.0989. The molecule has 20 heavy (non-hydrogen) atoms. The van der Waals surface area contributed by atoms with Gasteiger partial charge in [0.2, 0.25) is 0 Å². The number of hydrogen-bond donors (Lipinski definition) is 2. The summed E-state index contributed by atoms with van der Waals surface area (Å²) in [6.07, 6.45) is 4.10. The number of thioether (sulfide) groups is 1. The van der Waals surface area contributed by atoms with E-state index in [-0.39, 0.29) is 6.03 Å². The molecule has 110 valence electrons. The zero-order valence-electron chi connectivity index (χ0n) is 12.2. The van der Waals surface area contributed by atoms with Crippen LogP contribution in [0.4, 0.5) is 10.5 Å². The van der Waals surface area contributed by atoms with Gasteiger partial charge in [-0.2, -0.15) is 0 Å². The number of amides is 2. The van der Waals surface area contributed by atoms with Gasteiger partial charge in [0, 0.05) is 29.7 Å². The van der Waals surface area contributed by atoms with E-state index in [0.29, 0.717) is 6.04 Å². The number of urea groups is 1. The number of carbonyl (C=O) groups excluding carboxylic acids is 1. The molecule has 1 aliphatic heterocycles. The molecule has 1 aromatic carbocycles. The zero-order valence-corrected chi connectivity index (χ0v) is 13.0. The molecule has 0 atom stereocenters. The van der Waals surface area contributed by atoms with E-state index in [9.17, 15) is 4.79 Å². The lowest BCUT2D eigenvalue weighted by atomic mass is 10.1. The number of nitrogens with one attached hydrogen (secondary N) is 2. The highest BCUT2D eigenvalue weighted by molar-refractivity contribution is 7.98. The predicted octanol–water partition coefficient (Wildman–Crippen LogP) is 3.01. The van der Waals surface area contributed by atoms with Crippen LogP contribution in [0.1, 0.15) is 19.8 Å². The molecule has 2 rings (SSSR count). The van der Waals surface area contributed by atoms with E-state index in [2.05, 4.69) is 22.5 Å². The Morgan fingerprint density at radius 3 is 2.80 bits per heavy atom. The number of nitrogens with zero attached hydrogens (tertiary/aromatic N) is 1. The molecule has 0 aliphatic carbocycles. The Hall–Kier alpha value is -1.20. The molecule has 0 bridgehead atoms. The van der Waals surface area contributed by atoms with Crippen LogP contribution in [-0.4, -0.2) is 42.9 Å². The summed E-state index contributed by atoms with van der Waals surface area (Å²) >= 11 is 1.67. The quantitative estimate of drug-likeness (QED) is 0.839. The van der Waals surface area contributed by atoms with Crippen LogP contribution in [0.3, 0.4) is 0 Å². The molecule has 0 aromatic heterocycles. The fraction of sp³-hybridized carbons (Fsp3) is 0.533. The van der Waals surface area contributed by atoms with Crippen molar-refractivity contribution in [3.63, 3.8) is 0 Å². The Morgan fingerprint density at radius 1 is 1.40 bits per heavy atom. The second-order valence-corrected chi connectivity index (χ2v) is 5.92. The van der Waals surface area contributed by atoms with E-state index in [4.69, 9.17) is 0 Å². The van der Waals surface area contributed by atoms with Crippen LogP contribution < -0.4 is 10.6 Å². The maximum absolute atomic E-state index is 12.0. The molecule has 0 radical (unpaired) electrons. The summed E-state index contributed by atoms with van der Waals surface area (Å²) < 4.78 is 0. The molecule has 2 amide bonds. The van der Waals surface area contributed by atoms with Crippen LogP contribution in [0.2, 0.25) is 0 Å². The van der Waals surface area contributed by atoms with E-state index < -0.39 is 0 Å². The number of piperidine rings is 1.